The fraction of sp³-hybridized carbons (Fsp3) is 0.417. The number of aryl methyl sites for hydroxylation is 1. The van der Waals surface area contributed by atoms with Crippen LogP contribution in [-0.4, -0.2) is 35.9 Å². The van der Waals surface area contributed by atoms with E-state index in [-0.39, 0.29) is 18.2 Å². The number of aromatic carboxylic acids is 1. The number of anilines is 1. The van der Waals surface area contributed by atoms with E-state index in [1.165, 1.54) is 0 Å². The number of aliphatic hydroxyl groups excluding tert-OH is 1. The fourth-order valence-electron chi connectivity index (χ4n) is 1.49. The van der Waals surface area contributed by atoms with Gasteiger partial charge in [-0.3, -0.25) is 0 Å². The van der Waals surface area contributed by atoms with Gasteiger partial charge in [-0.25, -0.2) is 4.79 Å². The number of nitrogens with zero attached hydrogens (tertiary/aromatic N) is 1. The molecule has 0 saturated heterocycles. The standard InChI is InChI=1S/C12H17NO3/c1-8-4-5-11(10(6-8)12(15)16)13(3)9(2)7-14/h4-6,9,14H,7H2,1-3H3,(H,15,16). The predicted molar refractivity (Wildman–Crippen MR) is 63.1 cm³/mol. The van der Waals surface area contributed by atoms with Crippen LogP contribution < -0.4 is 4.90 Å². The minimum atomic E-state index is -0.948. The Hall–Kier alpha value is -1.55. The lowest BCUT2D eigenvalue weighted by Gasteiger charge is -2.26. The van der Waals surface area contributed by atoms with Gasteiger partial charge in [0.05, 0.1) is 17.9 Å². The van der Waals surface area contributed by atoms with E-state index in [0.29, 0.717) is 5.69 Å². The third kappa shape index (κ3) is 2.52. The number of aliphatic hydroxyl groups is 1. The van der Waals surface area contributed by atoms with Gasteiger partial charge in [0.15, 0.2) is 0 Å². The molecule has 2 N–H and O–H groups in total. The first-order valence-corrected chi connectivity index (χ1v) is 5.15. The molecule has 1 unspecified atom stereocenters. The molecular formula is C12H17NO3. The van der Waals surface area contributed by atoms with Crippen LogP contribution in [0.15, 0.2) is 18.2 Å². The SMILES string of the molecule is Cc1ccc(N(C)C(C)CO)c(C(=O)O)c1. The normalized spacial score (nSPS) is 12.2. The van der Waals surface area contributed by atoms with Crippen molar-refractivity contribution in [1.29, 1.82) is 0 Å². The second-order valence-corrected chi connectivity index (χ2v) is 3.97. The monoisotopic (exact) mass is 223 g/mol. The summed E-state index contributed by atoms with van der Waals surface area (Å²) in [5.74, 6) is -0.948. The molecule has 1 aromatic carbocycles. The van der Waals surface area contributed by atoms with Gasteiger partial charge in [-0.05, 0) is 26.0 Å². The molecule has 0 saturated carbocycles. The van der Waals surface area contributed by atoms with Crippen molar-refractivity contribution in [2.45, 2.75) is 19.9 Å². The minimum absolute atomic E-state index is 0.0105. The highest BCUT2D eigenvalue weighted by Gasteiger charge is 2.16. The van der Waals surface area contributed by atoms with Gasteiger partial charge in [0.25, 0.3) is 0 Å². The van der Waals surface area contributed by atoms with E-state index in [4.69, 9.17) is 10.2 Å². The second kappa shape index (κ2) is 4.99. The van der Waals surface area contributed by atoms with Crippen molar-refractivity contribution in [1.82, 2.24) is 0 Å². The van der Waals surface area contributed by atoms with E-state index in [2.05, 4.69) is 0 Å². The molecule has 0 heterocycles. The van der Waals surface area contributed by atoms with Crippen LogP contribution in [0.1, 0.15) is 22.8 Å². The lowest BCUT2D eigenvalue weighted by atomic mass is 10.1. The van der Waals surface area contributed by atoms with Crippen LogP contribution in [0.5, 0.6) is 0 Å². The number of hydrogen-bond acceptors (Lipinski definition) is 3. The molecule has 4 nitrogen and oxygen atoms in total. The van der Waals surface area contributed by atoms with E-state index in [9.17, 15) is 4.79 Å². The molecule has 0 spiro atoms. The van der Waals surface area contributed by atoms with Gasteiger partial charge in [-0.2, -0.15) is 0 Å². The zero-order chi connectivity index (χ0) is 12.3. The molecule has 0 radical (unpaired) electrons. The maximum Gasteiger partial charge on any atom is 0.337 e. The Kier molecular flexibility index (Phi) is 3.90. The molecule has 0 bridgehead atoms. The van der Waals surface area contributed by atoms with Crippen LogP contribution in [0.3, 0.4) is 0 Å². The number of benzene rings is 1. The van der Waals surface area contributed by atoms with Crippen molar-refractivity contribution in [3.05, 3.63) is 29.3 Å². The van der Waals surface area contributed by atoms with E-state index in [0.717, 1.165) is 5.56 Å². The summed E-state index contributed by atoms with van der Waals surface area (Å²) < 4.78 is 0. The Morgan fingerprint density at radius 1 is 1.50 bits per heavy atom. The second-order valence-electron chi connectivity index (χ2n) is 3.97. The zero-order valence-corrected chi connectivity index (χ0v) is 9.77. The quantitative estimate of drug-likeness (QED) is 0.812. The Labute approximate surface area is 95.1 Å². The summed E-state index contributed by atoms with van der Waals surface area (Å²) in [5, 5.41) is 18.2. The van der Waals surface area contributed by atoms with Crippen molar-refractivity contribution in [2.24, 2.45) is 0 Å². The molecule has 0 fully saturated rings. The van der Waals surface area contributed by atoms with Gasteiger partial charge >= 0.3 is 5.97 Å². The highest BCUT2D eigenvalue weighted by atomic mass is 16.4. The third-order valence-corrected chi connectivity index (χ3v) is 2.69. The summed E-state index contributed by atoms with van der Waals surface area (Å²) in [6, 6.07) is 5.16. The molecule has 1 atom stereocenters. The maximum absolute atomic E-state index is 11.1. The first-order chi connectivity index (χ1) is 7.47. The maximum atomic E-state index is 11.1. The van der Waals surface area contributed by atoms with Gasteiger partial charge in [-0.1, -0.05) is 11.6 Å². The molecule has 0 aliphatic carbocycles. The summed E-state index contributed by atoms with van der Waals surface area (Å²) in [6.45, 7) is 3.68. The van der Waals surface area contributed by atoms with Crippen molar-refractivity contribution < 1.29 is 15.0 Å². The molecule has 0 aromatic heterocycles. The van der Waals surface area contributed by atoms with Crippen molar-refractivity contribution in [3.8, 4) is 0 Å². The lowest BCUT2D eigenvalue weighted by molar-refractivity contribution is 0.0697. The topological polar surface area (TPSA) is 60.8 Å². The highest BCUT2D eigenvalue weighted by Crippen LogP contribution is 2.22. The molecule has 88 valence electrons. The molecule has 0 aliphatic heterocycles. The largest absolute Gasteiger partial charge is 0.478 e. The number of rotatable bonds is 4. The number of carboxylic acid groups (broad SMARTS) is 1. The van der Waals surface area contributed by atoms with E-state index < -0.39 is 5.97 Å². The first kappa shape index (κ1) is 12.5. The Morgan fingerprint density at radius 2 is 2.12 bits per heavy atom. The van der Waals surface area contributed by atoms with E-state index in [1.807, 2.05) is 19.9 Å². The molecular weight excluding hydrogens is 206 g/mol. The molecule has 4 heteroatoms. The summed E-state index contributed by atoms with van der Waals surface area (Å²) in [6.07, 6.45) is 0. The van der Waals surface area contributed by atoms with Crippen LogP contribution in [0, 0.1) is 6.92 Å². The smallest absolute Gasteiger partial charge is 0.337 e. The molecule has 16 heavy (non-hydrogen) atoms. The van der Waals surface area contributed by atoms with Gasteiger partial charge < -0.3 is 15.1 Å². The molecule has 0 aliphatic rings. The summed E-state index contributed by atoms with van der Waals surface area (Å²) in [5.41, 5.74) is 1.80. The number of carboxylic acids is 1. The van der Waals surface area contributed by atoms with Crippen LogP contribution in [0.25, 0.3) is 0 Å². The van der Waals surface area contributed by atoms with Crippen LogP contribution >= 0.6 is 0 Å². The predicted octanol–water partition coefficient (Wildman–Crippen LogP) is 1.51. The Bertz CT molecular complexity index is 390. The van der Waals surface area contributed by atoms with Gasteiger partial charge in [0.1, 0.15) is 0 Å². The van der Waals surface area contributed by atoms with Crippen molar-refractivity contribution in [2.75, 3.05) is 18.6 Å². The summed E-state index contributed by atoms with van der Waals surface area (Å²) >= 11 is 0. The summed E-state index contributed by atoms with van der Waals surface area (Å²) in [7, 11) is 1.78. The van der Waals surface area contributed by atoms with Crippen molar-refractivity contribution >= 4 is 11.7 Å². The van der Waals surface area contributed by atoms with Crippen LogP contribution in [-0.2, 0) is 0 Å². The number of carbonyl (C=O) groups is 1. The minimum Gasteiger partial charge on any atom is -0.478 e. The highest BCUT2D eigenvalue weighted by molar-refractivity contribution is 5.94. The fourth-order valence-corrected chi connectivity index (χ4v) is 1.49. The van der Waals surface area contributed by atoms with Gasteiger partial charge in [0.2, 0.25) is 0 Å². The first-order valence-electron chi connectivity index (χ1n) is 5.15. The van der Waals surface area contributed by atoms with Gasteiger partial charge in [-0.15, -0.1) is 0 Å². The molecule has 1 aromatic rings. The molecule has 0 amide bonds. The van der Waals surface area contributed by atoms with Gasteiger partial charge in [0, 0.05) is 13.1 Å². The number of hydrogen-bond donors (Lipinski definition) is 2. The Morgan fingerprint density at radius 3 is 2.62 bits per heavy atom. The van der Waals surface area contributed by atoms with E-state index in [1.54, 1.807) is 24.1 Å². The average molecular weight is 223 g/mol. The third-order valence-electron chi connectivity index (χ3n) is 2.69. The van der Waals surface area contributed by atoms with Crippen LogP contribution in [0.2, 0.25) is 0 Å². The number of likely N-dealkylation sites (N-methyl/N-ethyl adjacent to an activating group) is 1. The Balaban J connectivity index is 3.17. The lowest BCUT2D eigenvalue weighted by Crippen LogP contribution is -2.33. The zero-order valence-electron chi connectivity index (χ0n) is 9.77. The van der Waals surface area contributed by atoms with E-state index >= 15 is 0 Å². The molecule has 1 rings (SSSR count). The van der Waals surface area contributed by atoms with Crippen LogP contribution in [0.4, 0.5) is 5.69 Å². The average Bonchev–Trinajstić information content (AvgIpc) is 2.26. The van der Waals surface area contributed by atoms with Crippen molar-refractivity contribution in [3.63, 3.8) is 0 Å². The summed E-state index contributed by atoms with van der Waals surface area (Å²) in [4.78, 5) is 12.9.